The Kier molecular flexibility index (Phi) is 12.8. The van der Waals surface area contributed by atoms with Gasteiger partial charge >= 0.3 is 12.4 Å². The molecular formula is C32H46F6N2O2Si2. The minimum Gasteiger partial charge on any atom is -0.418 e. The predicted octanol–water partition coefficient (Wildman–Crippen LogP) is 11.1. The van der Waals surface area contributed by atoms with Crippen LogP contribution < -0.4 is 0 Å². The lowest BCUT2D eigenvalue weighted by atomic mass is 10.0. The fourth-order valence-electron chi connectivity index (χ4n) is 4.63. The van der Waals surface area contributed by atoms with Crippen molar-refractivity contribution in [2.75, 3.05) is 13.2 Å². The van der Waals surface area contributed by atoms with Crippen LogP contribution in [0.2, 0.25) is 39.3 Å². The average Bonchev–Trinajstić information content (AvgIpc) is 2.83. The number of nitrogens with zero attached hydrogens (tertiary/aromatic N) is 2. The zero-order chi connectivity index (χ0) is 33.7. The summed E-state index contributed by atoms with van der Waals surface area (Å²) in [7, 11) is -3.59. The molecule has 0 bridgehead atoms. The van der Waals surface area contributed by atoms with Gasteiger partial charge in [-0.25, -0.2) is 0 Å². The van der Waals surface area contributed by atoms with Crippen LogP contribution in [0.25, 0.3) is 0 Å². The van der Waals surface area contributed by atoms with Crippen molar-refractivity contribution in [2.24, 2.45) is 9.98 Å². The maximum atomic E-state index is 13.5. The summed E-state index contributed by atoms with van der Waals surface area (Å²) in [6.45, 7) is 19.8. The van der Waals surface area contributed by atoms with Gasteiger partial charge in [-0.05, 0) is 139 Å². The van der Waals surface area contributed by atoms with Gasteiger partial charge in [-0.3, -0.25) is 9.98 Å². The third kappa shape index (κ3) is 12.2. The van der Waals surface area contributed by atoms with Gasteiger partial charge in [0.1, 0.15) is 0 Å². The highest BCUT2D eigenvalue weighted by atomic mass is 28.4. The lowest BCUT2D eigenvalue weighted by molar-refractivity contribution is -0.138. The molecule has 0 unspecified atom stereocenters. The van der Waals surface area contributed by atoms with Crippen LogP contribution in [0.1, 0.15) is 59.1 Å². The summed E-state index contributed by atoms with van der Waals surface area (Å²) in [5, 5.41) is 0. The van der Waals surface area contributed by atoms with Crippen molar-refractivity contribution in [1.29, 1.82) is 0 Å². The number of rotatable bonds is 13. The first-order valence-corrected chi connectivity index (χ1v) is 21.6. The molecule has 44 heavy (non-hydrogen) atoms. The van der Waals surface area contributed by atoms with E-state index in [1.54, 1.807) is 27.7 Å². The summed E-state index contributed by atoms with van der Waals surface area (Å²) in [5.41, 5.74) is 1.98. The molecule has 0 spiro atoms. The zero-order valence-corrected chi connectivity index (χ0v) is 29.5. The third-order valence-corrected chi connectivity index (χ3v) is 8.79. The molecule has 0 aliphatic carbocycles. The number of hydrogen-bond acceptors (Lipinski definition) is 4. The highest BCUT2D eigenvalue weighted by Gasteiger charge is 2.32. The summed E-state index contributed by atoms with van der Waals surface area (Å²) < 4.78 is 93.1. The van der Waals surface area contributed by atoms with E-state index in [1.165, 1.54) is 0 Å². The summed E-state index contributed by atoms with van der Waals surface area (Å²) in [5.74, 6) is 0. The molecule has 0 fully saturated rings. The van der Waals surface area contributed by atoms with E-state index < -0.39 is 40.1 Å². The molecule has 0 N–H and O–H groups in total. The highest BCUT2D eigenvalue weighted by molar-refractivity contribution is 6.70. The van der Waals surface area contributed by atoms with Gasteiger partial charge in [0.05, 0.1) is 33.9 Å². The predicted molar refractivity (Wildman–Crippen MR) is 173 cm³/mol. The molecule has 0 atom stereocenters. The summed E-state index contributed by atoms with van der Waals surface area (Å²) in [6, 6.07) is 4.34. The smallest absolute Gasteiger partial charge is 0.416 e. The van der Waals surface area contributed by atoms with Crippen LogP contribution in [-0.4, -0.2) is 41.3 Å². The minimum atomic E-state index is -4.49. The van der Waals surface area contributed by atoms with E-state index in [0.717, 1.165) is 24.3 Å². The largest absolute Gasteiger partial charge is 0.418 e. The molecular weight excluding hydrogens is 615 g/mol. The Bertz CT molecular complexity index is 1200. The molecule has 0 saturated carbocycles. The molecule has 0 heterocycles. The second kappa shape index (κ2) is 14.9. The van der Waals surface area contributed by atoms with Gasteiger partial charge in [0, 0.05) is 13.2 Å². The van der Waals surface area contributed by atoms with Crippen LogP contribution in [0.4, 0.5) is 37.7 Å². The minimum absolute atomic E-state index is 0.372. The van der Waals surface area contributed by atoms with Crippen LogP contribution in [0.3, 0.4) is 0 Å². The maximum absolute atomic E-state index is 13.5. The lowest BCUT2D eigenvalue weighted by Gasteiger charge is -2.20. The van der Waals surface area contributed by atoms with E-state index in [0.29, 0.717) is 83.9 Å². The van der Waals surface area contributed by atoms with E-state index in [2.05, 4.69) is 39.3 Å². The summed E-state index contributed by atoms with van der Waals surface area (Å²) >= 11 is 0. The second-order valence-corrected chi connectivity index (χ2v) is 22.2. The van der Waals surface area contributed by atoms with Gasteiger partial charge in [-0.1, -0.05) is 0 Å². The number of halogens is 6. The highest BCUT2D eigenvalue weighted by Crippen LogP contribution is 2.37. The molecule has 2 aromatic carbocycles. The zero-order valence-electron chi connectivity index (χ0n) is 27.5. The van der Waals surface area contributed by atoms with Crippen LogP contribution in [0.5, 0.6) is 0 Å². The van der Waals surface area contributed by atoms with E-state index in [4.69, 9.17) is 18.8 Å². The number of benzene rings is 2. The Labute approximate surface area is 260 Å². The second-order valence-electron chi connectivity index (χ2n) is 13.2. The molecule has 0 aliphatic rings. The Morgan fingerprint density at radius 3 is 1.07 bits per heavy atom. The fraction of sp³-hybridized carbons (Fsp3) is 0.562. The molecule has 0 saturated heterocycles. The van der Waals surface area contributed by atoms with Crippen molar-refractivity contribution in [2.45, 2.75) is 105 Å². The molecule has 2 aromatic rings. The van der Waals surface area contributed by atoms with Gasteiger partial charge in [0.2, 0.25) is 0 Å². The monoisotopic (exact) mass is 660 g/mol. The van der Waals surface area contributed by atoms with Gasteiger partial charge in [0.25, 0.3) is 0 Å². The molecule has 4 nitrogen and oxygen atoms in total. The SMILES string of the molecule is Cc1cc(C(F)(F)F)cc(C)c1N=C(CCCO[Si](C)(C)C)C(CCCO[Si](C)(C)C)=Nc1c(C)cc(C(F)(F)F)cc1C. The van der Waals surface area contributed by atoms with E-state index in [-0.39, 0.29) is 0 Å². The van der Waals surface area contributed by atoms with Gasteiger partial charge < -0.3 is 8.85 Å². The van der Waals surface area contributed by atoms with Crippen LogP contribution in [-0.2, 0) is 21.2 Å². The van der Waals surface area contributed by atoms with Gasteiger partial charge in [-0.2, -0.15) is 26.3 Å². The first-order valence-electron chi connectivity index (χ1n) is 14.8. The van der Waals surface area contributed by atoms with Crippen molar-refractivity contribution >= 4 is 39.4 Å². The Balaban J connectivity index is 2.71. The van der Waals surface area contributed by atoms with Gasteiger partial charge in [0.15, 0.2) is 16.6 Å². The number of aryl methyl sites for hydroxylation is 4. The molecule has 246 valence electrons. The first kappa shape index (κ1) is 37.9. The molecule has 0 amide bonds. The van der Waals surface area contributed by atoms with E-state index in [9.17, 15) is 26.3 Å². The molecule has 0 radical (unpaired) electrons. The van der Waals surface area contributed by atoms with Crippen LogP contribution >= 0.6 is 0 Å². The molecule has 2 rings (SSSR count). The van der Waals surface area contributed by atoms with Crippen LogP contribution in [0, 0.1) is 27.7 Å². The summed E-state index contributed by atoms with van der Waals surface area (Å²) in [6.07, 6.45) is -6.94. The van der Waals surface area contributed by atoms with Gasteiger partial charge in [-0.15, -0.1) is 0 Å². The Morgan fingerprint density at radius 1 is 0.568 bits per heavy atom. The number of alkyl halides is 6. The normalized spacial score (nSPS) is 14.0. The van der Waals surface area contributed by atoms with Crippen molar-refractivity contribution in [1.82, 2.24) is 0 Å². The Morgan fingerprint density at radius 2 is 0.841 bits per heavy atom. The lowest BCUT2D eigenvalue weighted by Crippen LogP contribution is -2.27. The van der Waals surface area contributed by atoms with E-state index >= 15 is 0 Å². The van der Waals surface area contributed by atoms with Crippen LogP contribution in [0.15, 0.2) is 34.3 Å². The number of aliphatic imine (C=N–C) groups is 2. The molecule has 0 aliphatic heterocycles. The van der Waals surface area contributed by atoms with Crippen molar-refractivity contribution in [3.05, 3.63) is 57.6 Å². The van der Waals surface area contributed by atoms with Crippen molar-refractivity contribution < 1.29 is 35.2 Å². The molecule has 0 aromatic heterocycles. The van der Waals surface area contributed by atoms with Crippen molar-refractivity contribution in [3.8, 4) is 0 Å². The molecule has 12 heteroatoms. The maximum Gasteiger partial charge on any atom is 0.416 e. The standard InChI is InChI=1S/C32H46F6N2O2Si2/c1-21-17-25(31(33,34)35)18-22(2)29(21)39-27(13-11-15-41-43(5,6)7)28(14-12-16-42-44(8,9)10)40-30-23(3)19-26(20-24(30)4)32(36,37)38/h17-20H,11-16H2,1-10H3. The average molecular weight is 661 g/mol. The fourth-order valence-corrected chi connectivity index (χ4v) is 6.14. The quantitative estimate of drug-likeness (QED) is 0.0929. The first-order chi connectivity index (χ1) is 20.0. The van der Waals surface area contributed by atoms with E-state index in [1.807, 2.05) is 0 Å². The third-order valence-electron chi connectivity index (χ3n) is 6.65. The summed E-state index contributed by atoms with van der Waals surface area (Å²) in [4.78, 5) is 9.83. The Hall–Kier alpha value is -2.29. The topological polar surface area (TPSA) is 43.2 Å². The van der Waals surface area contributed by atoms with Crippen molar-refractivity contribution in [3.63, 3.8) is 0 Å². The number of hydrogen-bond donors (Lipinski definition) is 0.